The van der Waals surface area contributed by atoms with Crippen LogP contribution < -0.4 is 11.1 Å². The van der Waals surface area contributed by atoms with Crippen LogP contribution in [0.1, 0.15) is 27.2 Å². The predicted octanol–water partition coefficient (Wildman–Crippen LogP) is 1.22. The van der Waals surface area contributed by atoms with Crippen LogP contribution in [0.4, 0.5) is 0 Å². The number of rotatable bonds is 8. The maximum atomic E-state index is 11.1. The third-order valence-corrected chi connectivity index (χ3v) is 3.21. The van der Waals surface area contributed by atoms with Gasteiger partial charge in [0.25, 0.3) is 0 Å². The van der Waals surface area contributed by atoms with Crippen molar-refractivity contribution in [2.24, 2.45) is 23.5 Å². The molecule has 3 N–H and O–H groups in total. The summed E-state index contributed by atoms with van der Waals surface area (Å²) in [5, 5.41) is 15.2. The molecule has 1 unspecified atom stereocenters. The molecule has 4 nitrogen and oxygen atoms in total. The molecule has 0 amide bonds. The first kappa shape index (κ1) is 14.8. The van der Waals surface area contributed by atoms with Gasteiger partial charge in [0.05, 0.1) is 0 Å². The molecular weight excluding hydrogens is 190 g/mol. The lowest BCUT2D eigenvalue weighted by molar-refractivity contribution is 0.232. The lowest BCUT2D eigenvalue weighted by Gasteiger charge is -2.32. The van der Waals surface area contributed by atoms with Gasteiger partial charge in [-0.05, 0) is 44.3 Å². The zero-order chi connectivity index (χ0) is 11.8. The third kappa shape index (κ3) is 6.10. The highest BCUT2D eigenvalue weighted by Gasteiger charge is 2.19. The van der Waals surface area contributed by atoms with Gasteiger partial charge in [0.1, 0.15) is 0 Å². The Hall–Kier alpha value is -0.160. The Morgan fingerprint density at radius 3 is 2.33 bits per heavy atom. The van der Waals surface area contributed by atoms with Crippen molar-refractivity contribution in [2.45, 2.75) is 27.2 Å². The Labute approximate surface area is 93.8 Å². The normalized spacial score (nSPS) is 16.0. The third-order valence-electron chi connectivity index (χ3n) is 3.21. The molecule has 0 aliphatic heterocycles. The van der Waals surface area contributed by atoms with Crippen molar-refractivity contribution in [3.63, 3.8) is 0 Å². The summed E-state index contributed by atoms with van der Waals surface area (Å²) in [6.45, 7) is 8.32. The van der Waals surface area contributed by atoms with Gasteiger partial charge >= 0.3 is 0 Å². The molecule has 0 saturated carbocycles. The summed E-state index contributed by atoms with van der Waals surface area (Å²) in [5.41, 5.74) is 5.27. The molecule has 0 spiro atoms. The van der Waals surface area contributed by atoms with Gasteiger partial charge in [-0.2, -0.15) is 0 Å². The minimum absolute atomic E-state index is 0.0995. The van der Waals surface area contributed by atoms with Crippen LogP contribution in [-0.2, 0) is 0 Å². The van der Waals surface area contributed by atoms with Crippen molar-refractivity contribution in [1.29, 1.82) is 0 Å². The van der Waals surface area contributed by atoms with Gasteiger partial charge in [0.15, 0.2) is 0 Å². The van der Waals surface area contributed by atoms with E-state index in [1.807, 2.05) is 7.05 Å². The standard InChI is InChI=1S/C11H26N3O/c1-9(2)10(3)11(7-13-4)5-6-14(15)8-12/h9-11,13H,5-8,12H2,1-4H3/q-1/t10-,11?/m1/s1. The fraction of sp³-hybridized carbons (Fsp3) is 1.00. The average molecular weight is 216 g/mol. The minimum Gasteiger partial charge on any atom is -0.784 e. The van der Waals surface area contributed by atoms with Crippen molar-refractivity contribution in [2.75, 3.05) is 26.8 Å². The van der Waals surface area contributed by atoms with E-state index >= 15 is 0 Å². The molecule has 0 bridgehead atoms. The SMILES string of the molecule is CNCC(CCN([O-])CN)[C@H](C)C(C)C. The maximum Gasteiger partial charge on any atom is 0.0338 e. The smallest absolute Gasteiger partial charge is 0.0338 e. The summed E-state index contributed by atoms with van der Waals surface area (Å²) in [7, 11) is 1.96. The monoisotopic (exact) mass is 216 g/mol. The van der Waals surface area contributed by atoms with E-state index in [9.17, 15) is 5.21 Å². The van der Waals surface area contributed by atoms with Crippen LogP contribution in [0.15, 0.2) is 0 Å². The summed E-state index contributed by atoms with van der Waals surface area (Å²) in [6.07, 6.45) is 0.918. The highest BCUT2D eigenvalue weighted by Crippen LogP contribution is 2.22. The van der Waals surface area contributed by atoms with Crippen molar-refractivity contribution in [3.05, 3.63) is 5.21 Å². The topological polar surface area (TPSA) is 64.3 Å². The number of hydrogen-bond acceptors (Lipinski definition) is 4. The van der Waals surface area contributed by atoms with Gasteiger partial charge in [-0.3, -0.25) is 0 Å². The molecule has 15 heavy (non-hydrogen) atoms. The highest BCUT2D eigenvalue weighted by atomic mass is 16.5. The number of hydrogen-bond donors (Lipinski definition) is 2. The van der Waals surface area contributed by atoms with Crippen LogP contribution in [0.3, 0.4) is 0 Å². The predicted molar refractivity (Wildman–Crippen MR) is 65.2 cm³/mol. The van der Waals surface area contributed by atoms with Crippen LogP contribution >= 0.6 is 0 Å². The second-order valence-electron chi connectivity index (χ2n) is 4.60. The van der Waals surface area contributed by atoms with Crippen LogP contribution in [0, 0.1) is 23.0 Å². The highest BCUT2D eigenvalue weighted by molar-refractivity contribution is 4.72. The fourth-order valence-electron chi connectivity index (χ4n) is 1.76. The van der Waals surface area contributed by atoms with E-state index in [0.29, 0.717) is 24.3 Å². The van der Waals surface area contributed by atoms with Crippen LogP contribution in [-0.4, -0.2) is 31.9 Å². The lowest BCUT2D eigenvalue weighted by Crippen LogP contribution is -2.32. The molecule has 0 radical (unpaired) electrons. The molecule has 0 aliphatic rings. The Morgan fingerprint density at radius 1 is 1.33 bits per heavy atom. The van der Waals surface area contributed by atoms with Crippen molar-refractivity contribution < 1.29 is 0 Å². The van der Waals surface area contributed by atoms with Gasteiger partial charge in [0.2, 0.25) is 0 Å². The first-order chi connectivity index (χ1) is 7.02. The van der Waals surface area contributed by atoms with E-state index in [0.717, 1.165) is 18.0 Å². The molecule has 2 atom stereocenters. The van der Waals surface area contributed by atoms with Crippen LogP contribution in [0.25, 0.3) is 0 Å². The quantitative estimate of drug-likeness (QED) is 0.473. The Balaban J connectivity index is 4.03. The van der Waals surface area contributed by atoms with Gasteiger partial charge in [-0.1, -0.05) is 20.8 Å². The van der Waals surface area contributed by atoms with E-state index in [1.165, 1.54) is 0 Å². The zero-order valence-corrected chi connectivity index (χ0v) is 10.5. The van der Waals surface area contributed by atoms with Gasteiger partial charge in [-0.25, -0.2) is 0 Å². The number of hydroxylamine groups is 2. The lowest BCUT2D eigenvalue weighted by atomic mass is 9.83. The molecule has 0 fully saturated rings. The second-order valence-corrected chi connectivity index (χ2v) is 4.60. The van der Waals surface area contributed by atoms with Crippen LogP contribution in [0.5, 0.6) is 0 Å². The van der Waals surface area contributed by atoms with Crippen molar-refractivity contribution in [1.82, 2.24) is 10.4 Å². The Kier molecular flexibility index (Phi) is 7.96. The Morgan fingerprint density at radius 2 is 1.93 bits per heavy atom. The molecule has 0 aromatic carbocycles. The molecule has 4 heteroatoms. The zero-order valence-electron chi connectivity index (χ0n) is 10.5. The summed E-state index contributed by atoms with van der Waals surface area (Å²) in [5.74, 6) is 1.84. The molecular formula is C11H26N3O-. The van der Waals surface area contributed by atoms with E-state index < -0.39 is 0 Å². The second kappa shape index (κ2) is 8.05. The molecule has 92 valence electrons. The van der Waals surface area contributed by atoms with Gasteiger partial charge < -0.3 is 21.3 Å². The van der Waals surface area contributed by atoms with Crippen molar-refractivity contribution >= 4 is 0 Å². The molecule has 0 aromatic heterocycles. The molecule has 0 aliphatic carbocycles. The van der Waals surface area contributed by atoms with Crippen LogP contribution in [0.2, 0.25) is 0 Å². The molecule has 0 rings (SSSR count). The fourth-order valence-corrected chi connectivity index (χ4v) is 1.76. The van der Waals surface area contributed by atoms with E-state index in [2.05, 4.69) is 26.1 Å². The largest absolute Gasteiger partial charge is 0.784 e. The Bertz CT molecular complexity index is 153. The number of nitrogens with two attached hydrogens (primary N) is 1. The first-order valence-corrected chi connectivity index (χ1v) is 5.79. The first-order valence-electron chi connectivity index (χ1n) is 5.79. The van der Waals surface area contributed by atoms with E-state index in [4.69, 9.17) is 5.73 Å². The van der Waals surface area contributed by atoms with E-state index in [-0.39, 0.29) is 6.67 Å². The molecule has 0 heterocycles. The summed E-state index contributed by atoms with van der Waals surface area (Å²) >= 11 is 0. The van der Waals surface area contributed by atoms with Gasteiger partial charge in [-0.15, -0.1) is 0 Å². The maximum absolute atomic E-state index is 11.1. The summed E-state index contributed by atoms with van der Waals surface area (Å²) in [4.78, 5) is 0. The van der Waals surface area contributed by atoms with Crippen molar-refractivity contribution in [3.8, 4) is 0 Å². The number of nitrogens with zero attached hydrogens (tertiary/aromatic N) is 1. The summed E-state index contributed by atoms with van der Waals surface area (Å²) < 4.78 is 0. The van der Waals surface area contributed by atoms with Gasteiger partial charge in [0, 0.05) is 6.67 Å². The molecule has 0 aromatic rings. The minimum atomic E-state index is 0.0995. The number of nitrogens with one attached hydrogen (secondary N) is 1. The average Bonchev–Trinajstić information content (AvgIpc) is 2.22. The molecule has 0 saturated heterocycles. The van der Waals surface area contributed by atoms with E-state index in [1.54, 1.807) is 0 Å². The summed E-state index contributed by atoms with van der Waals surface area (Å²) in [6, 6.07) is 0.